The van der Waals surface area contributed by atoms with Crippen molar-refractivity contribution in [3.05, 3.63) is 45.0 Å². The molecule has 0 aromatic carbocycles. The lowest BCUT2D eigenvalue weighted by Gasteiger charge is -2.32. The molecule has 0 radical (unpaired) electrons. The summed E-state index contributed by atoms with van der Waals surface area (Å²) in [4.78, 5) is 32.9. The molecular formula is C15H18N4O4. The zero-order valence-corrected chi connectivity index (χ0v) is 13.3. The number of aromatic nitrogens is 3. The van der Waals surface area contributed by atoms with Crippen LogP contribution < -0.4 is 5.56 Å². The van der Waals surface area contributed by atoms with E-state index in [9.17, 15) is 9.59 Å². The smallest absolute Gasteiger partial charge is 0.259 e. The zero-order chi connectivity index (χ0) is 16.6. The van der Waals surface area contributed by atoms with Gasteiger partial charge in [0.1, 0.15) is 23.3 Å². The number of H-pyrrole nitrogens is 1. The lowest BCUT2D eigenvalue weighted by Crippen LogP contribution is -2.43. The molecule has 3 rings (SSSR count). The van der Waals surface area contributed by atoms with Gasteiger partial charge in [-0.1, -0.05) is 5.16 Å². The fourth-order valence-electron chi connectivity index (χ4n) is 2.73. The molecule has 1 fully saturated rings. The van der Waals surface area contributed by atoms with Crippen molar-refractivity contribution in [1.82, 2.24) is 20.0 Å². The van der Waals surface area contributed by atoms with Gasteiger partial charge in [0, 0.05) is 12.6 Å². The minimum Gasteiger partial charge on any atom is -0.368 e. The Hall–Kier alpha value is -2.48. The van der Waals surface area contributed by atoms with Crippen molar-refractivity contribution in [1.29, 1.82) is 0 Å². The van der Waals surface area contributed by atoms with Crippen molar-refractivity contribution >= 4 is 5.91 Å². The third kappa shape index (κ3) is 3.02. The Labute approximate surface area is 132 Å². The van der Waals surface area contributed by atoms with Crippen LogP contribution in [-0.2, 0) is 4.74 Å². The van der Waals surface area contributed by atoms with Crippen molar-refractivity contribution in [2.75, 3.05) is 19.7 Å². The highest BCUT2D eigenvalue weighted by Crippen LogP contribution is 2.23. The predicted molar refractivity (Wildman–Crippen MR) is 80.2 cm³/mol. The summed E-state index contributed by atoms with van der Waals surface area (Å²) in [6.45, 7) is 6.35. The van der Waals surface area contributed by atoms with E-state index in [2.05, 4.69) is 15.1 Å². The molecule has 1 unspecified atom stereocenters. The molecule has 2 aromatic rings. The Morgan fingerprint density at radius 1 is 1.39 bits per heavy atom. The minimum absolute atomic E-state index is 0.142. The molecule has 0 spiro atoms. The number of nitrogens with zero attached hydrogens (tertiary/aromatic N) is 3. The maximum Gasteiger partial charge on any atom is 0.259 e. The Morgan fingerprint density at radius 3 is 2.83 bits per heavy atom. The SMILES string of the molecule is Cc1nc(C2CN(C(=O)c3c(C)noc3C)CCO2)cc(=O)[nH]1. The van der Waals surface area contributed by atoms with Crippen LogP contribution in [0.4, 0.5) is 0 Å². The highest BCUT2D eigenvalue weighted by Gasteiger charge is 2.30. The van der Waals surface area contributed by atoms with Crippen molar-refractivity contribution < 1.29 is 14.1 Å². The first-order valence-corrected chi connectivity index (χ1v) is 7.37. The van der Waals surface area contributed by atoms with E-state index < -0.39 is 6.10 Å². The van der Waals surface area contributed by atoms with Crippen LogP contribution >= 0.6 is 0 Å². The number of carbonyl (C=O) groups excluding carboxylic acids is 1. The summed E-state index contributed by atoms with van der Waals surface area (Å²) < 4.78 is 10.7. The average molecular weight is 318 g/mol. The number of ether oxygens (including phenoxy) is 1. The monoisotopic (exact) mass is 318 g/mol. The van der Waals surface area contributed by atoms with Gasteiger partial charge in [0.25, 0.3) is 11.5 Å². The molecule has 1 aliphatic heterocycles. The van der Waals surface area contributed by atoms with Gasteiger partial charge >= 0.3 is 0 Å². The van der Waals surface area contributed by atoms with E-state index in [1.165, 1.54) is 6.07 Å². The lowest BCUT2D eigenvalue weighted by molar-refractivity contribution is -0.0249. The van der Waals surface area contributed by atoms with E-state index >= 15 is 0 Å². The van der Waals surface area contributed by atoms with Gasteiger partial charge in [-0.25, -0.2) is 4.98 Å². The summed E-state index contributed by atoms with van der Waals surface area (Å²) in [5.41, 5.74) is 1.36. The van der Waals surface area contributed by atoms with Gasteiger partial charge in [0.2, 0.25) is 0 Å². The number of hydrogen-bond donors (Lipinski definition) is 1. The van der Waals surface area contributed by atoms with Crippen LogP contribution in [0.15, 0.2) is 15.4 Å². The summed E-state index contributed by atoms with van der Waals surface area (Å²) in [6.07, 6.45) is -0.422. The number of hydrogen-bond acceptors (Lipinski definition) is 6. The van der Waals surface area contributed by atoms with Gasteiger partial charge in [-0.2, -0.15) is 0 Å². The first-order chi connectivity index (χ1) is 11.0. The van der Waals surface area contributed by atoms with Crippen molar-refractivity contribution in [3.8, 4) is 0 Å². The van der Waals surface area contributed by atoms with E-state index in [1.54, 1.807) is 25.7 Å². The predicted octanol–water partition coefficient (Wildman–Crippen LogP) is 0.897. The van der Waals surface area contributed by atoms with Gasteiger partial charge in [-0.3, -0.25) is 9.59 Å². The first-order valence-electron chi connectivity index (χ1n) is 7.37. The number of aromatic amines is 1. The second-order valence-corrected chi connectivity index (χ2v) is 5.57. The van der Waals surface area contributed by atoms with Gasteiger partial charge in [-0.15, -0.1) is 0 Å². The van der Waals surface area contributed by atoms with Crippen LogP contribution in [0.5, 0.6) is 0 Å². The molecule has 2 aromatic heterocycles. The van der Waals surface area contributed by atoms with E-state index in [4.69, 9.17) is 9.26 Å². The van der Waals surface area contributed by atoms with Crippen LogP contribution in [0.2, 0.25) is 0 Å². The normalized spacial score (nSPS) is 18.2. The second kappa shape index (κ2) is 5.96. The van der Waals surface area contributed by atoms with Crippen LogP contribution in [-0.4, -0.2) is 45.6 Å². The summed E-state index contributed by atoms with van der Waals surface area (Å²) in [5.74, 6) is 0.877. The Bertz CT molecular complexity index is 776. The molecule has 0 bridgehead atoms. The Kier molecular flexibility index (Phi) is 3.99. The summed E-state index contributed by atoms with van der Waals surface area (Å²) in [6, 6.07) is 1.40. The molecule has 1 aliphatic rings. The molecule has 1 atom stereocenters. The maximum atomic E-state index is 12.7. The van der Waals surface area contributed by atoms with Crippen molar-refractivity contribution in [3.63, 3.8) is 0 Å². The van der Waals surface area contributed by atoms with E-state index in [0.29, 0.717) is 48.2 Å². The van der Waals surface area contributed by atoms with E-state index in [-0.39, 0.29) is 11.5 Å². The van der Waals surface area contributed by atoms with Crippen LogP contribution in [0, 0.1) is 20.8 Å². The molecule has 3 heterocycles. The standard InChI is InChI=1S/C15H18N4O4/c1-8-14(9(2)23-18-8)15(21)19-4-5-22-12(7-19)11-6-13(20)17-10(3)16-11/h6,12H,4-5,7H2,1-3H3,(H,16,17,20). The molecule has 122 valence electrons. The fourth-order valence-corrected chi connectivity index (χ4v) is 2.73. The van der Waals surface area contributed by atoms with Gasteiger partial charge in [-0.05, 0) is 20.8 Å². The first kappa shape index (κ1) is 15.4. The number of nitrogens with one attached hydrogen (secondary N) is 1. The van der Waals surface area contributed by atoms with Gasteiger partial charge in [0.15, 0.2) is 0 Å². The largest absolute Gasteiger partial charge is 0.368 e. The number of amides is 1. The maximum absolute atomic E-state index is 12.7. The number of aryl methyl sites for hydroxylation is 3. The molecule has 8 nitrogen and oxygen atoms in total. The van der Waals surface area contributed by atoms with Crippen molar-refractivity contribution in [2.45, 2.75) is 26.9 Å². The molecule has 1 N–H and O–H groups in total. The summed E-state index contributed by atoms with van der Waals surface area (Å²) >= 11 is 0. The van der Waals surface area contributed by atoms with Crippen LogP contribution in [0.1, 0.15) is 39.4 Å². The van der Waals surface area contributed by atoms with Crippen LogP contribution in [0.3, 0.4) is 0 Å². The van der Waals surface area contributed by atoms with Gasteiger partial charge in [0.05, 0.1) is 24.5 Å². The minimum atomic E-state index is -0.422. The molecule has 8 heteroatoms. The average Bonchev–Trinajstić information content (AvgIpc) is 2.85. The Morgan fingerprint density at radius 2 is 2.17 bits per heavy atom. The highest BCUT2D eigenvalue weighted by molar-refractivity contribution is 5.96. The Balaban J connectivity index is 1.83. The fraction of sp³-hybridized carbons (Fsp3) is 0.467. The number of carbonyl (C=O) groups is 1. The highest BCUT2D eigenvalue weighted by atomic mass is 16.5. The molecule has 1 saturated heterocycles. The van der Waals surface area contributed by atoms with Gasteiger partial charge < -0.3 is 19.1 Å². The molecule has 1 amide bonds. The summed E-state index contributed by atoms with van der Waals surface area (Å²) in [7, 11) is 0. The number of rotatable bonds is 2. The third-order valence-electron chi connectivity index (χ3n) is 3.81. The van der Waals surface area contributed by atoms with Crippen LogP contribution in [0.25, 0.3) is 0 Å². The molecule has 23 heavy (non-hydrogen) atoms. The zero-order valence-electron chi connectivity index (χ0n) is 13.3. The third-order valence-corrected chi connectivity index (χ3v) is 3.81. The summed E-state index contributed by atoms with van der Waals surface area (Å²) in [5, 5.41) is 3.82. The number of morpholine rings is 1. The quantitative estimate of drug-likeness (QED) is 0.882. The lowest BCUT2D eigenvalue weighted by atomic mass is 10.1. The molecule has 0 saturated carbocycles. The topological polar surface area (TPSA) is 101 Å². The molecule has 0 aliphatic carbocycles. The van der Waals surface area contributed by atoms with E-state index in [1.807, 2.05) is 0 Å². The van der Waals surface area contributed by atoms with Crippen molar-refractivity contribution in [2.24, 2.45) is 0 Å². The van der Waals surface area contributed by atoms with E-state index in [0.717, 1.165) is 0 Å². The second-order valence-electron chi connectivity index (χ2n) is 5.57. The molecular weight excluding hydrogens is 300 g/mol.